The fraction of sp³-hybridized carbons (Fsp3) is 0.333. The summed E-state index contributed by atoms with van der Waals surface area (Å²) < 4.78 is 9.51. The van der Waals surface area contributed by atoms with Gasteiger partial charge in [0, 0.05) is 0 Å². The highest BCUT2D eigenvalue weighted by molar-refractivity contribution is 7.10. The molecule has 17 heavy (non-hydrogen) atoms. The number of nitrogens with one attached hydrogen (secondary N) is 1. The summed E-state index contributed by atoms with van der Waals surface area (Å²) in [5, 5.41) is 4.06. The molecule has 0 saturated carbocycles. The van der Waals surface area contributed by atoms with Crippen LogP contribution in [0.5, 0.6) is 0 Å². The molecule has 0 aromatic carbocycles. The van der Waals surface area contributed by atoms with Gasteiger partial charge >= 0.3 is 0 Å². The van der Waals surface area contributed by atoms with Crippen LogP contribution in [0, 0.1) is 6.92 Å². The smallest absolute Gasteiger partial charge is 0.164 e. The number of carbonyl (C=O) groups excluding carboxylic acids is 1. The molecule has 0 amide bonds. The zero-order valence-electron chi connectivity index (χ0n) is 9.98. The fourth-order valence-corrected chi connectivity index (χ4v) is 2.62. The van der Waals surface area contributed by atoms with E-state index in [-0.39, 0.29) is 11.8 Å². The maximum atomic E-state index is 11.5. The highest BCUT2D eigenvalue weighted by Crippen LogP contribution is 2.28. The van der Waals surface area contributed by atoms with E-state index in [0.717, 1.165) is 16.5 Å². The minimum absolute atomic E-state index is 0.0166. The summed E-state index contributed by atoms with van der Waals surface area (Å²) in [5.74, 6) is 0.871. The van der Waals surface area contributed by atoms with E-state index in [1.54, 1.807) is 13.2 Å². The maximum Gasteiger partial charge on any atom is 0.164 e. The van der Waals surface area contributed by atoms with E-state index in [9.17, 15) is 4.79 Å². The Kier molecular flexibility index (Phi) is 3.28. The molecule has 0 fully saturated rings. The summed E-state index contributed by atoms with van der Waals surface area (Å²) >= 11 is 1.31. The van der Waals surface area contributed by atoms with Crippen LogP contribution < -0.4 is 5.32 Å². The Morgan fingerprint density at radius 2 is 2.35 bits per heavy atom. The summed E-state index contributed by atoms with van der Waals surface area (Å²) in [7, 11) is 0. The zero-order chi connectivity index (χ0) is 12.4. The lowest BCUT2D eigenvalue weighted by Crippen LogP contribution is -2.07. The quantitative estimate of drug-likeness (QED) is 0.845. The Hall–Kier alpha value is -1.62. The van der Waals surface area contributed by atoms with E-state index in [0.29, 0.717) is 5.56 Å². The van der Waals surface area contributed by atoms with Crippen molar-refractivity contribution in [3.63, 3.8) is 0 Å². The number of nitrogens with zero attached hydrogens (tertiary/aromatic N) is 1. The molecule has 0 bridgehead atoms. The molecule has 0 aliphatic carbocycles. The lowest BCUT2D eigenvalue weighted by Gasteiger charge is -2.11. The Bertz CT molecular complexity index is 517. The molecule has 0 spiro atoms. The standard InChI is InChI=1S/C12H14N2O2S/c1-7(10-5-4-6-16-10)13-12-11(9(3)15)8(2)14-17-12/h4-7,13H,1-3H3. The predicted octanol–water partition coefficient (Wildman–Crippen LogP) is 3.42. The van der Waals surface area contributed by atoms with Gasteiger partial charge in [-0.1, -0.05) is 0 Å². The average Bonchev–Trinajstić information content (AvgIpc) is 2.87. The number of aryl methyl sites for hydroxylation is 1. The van der Waals surface area contributed by atoms with Crippen LogP contribution in [-0.4, -0.2) is 10.2 Å². The first-order valence-electron chi connectivity index (χ1n) is 5.36. The minimum Gasteiger partial charge on any atom is -0.467 e. The van der Waals surface area contributed by atoms with Crippen LogP contribution in [-0.2, 0) is 0 Å². The molecule has 90 valence electrons. The number of aromatic nitrogens is 1. The van der Waals surface area contributed by atoms with E-state index < -0.39 is 0 Å². The second kappa shape index (κ2) is 4.71. The number of furan rings is 1. The molecule has 0 aliphatic rings. The van der Waals surface area contributed by atoms with Crippen LogP contribution in [0.4, 0.5) is 5.00 Å². The fourth-order valence-electron chi connectivity index (χ4n) is 1.69. The van der Waals surface area contributed by atoms with Gasteiger partial charge in [0.15, 0.2) is 5.78 Å². The number of rotatable bonds is 4. The molecule has 0 radical (unpaired) electrons. The lowest BCUT2D eigenvalue weighted by molar-refractivity contribution is 0.101. The third-order valence-corrected chi connectivity index (χ3v) is 3.40. The van der Waals surface area contributed by atoms with Crippen molar-refractivity contribution in [2.45, 2.75) is 26.8 Å². The molecule has 0 aliphatic heterocycles. The van der Waals surface area contributed by atoms with Gasteiger partial charge in [-0.15, -0.1) is 0 Å². The van der Waals surface area contributed by atoms with Crippen LogP contribution in [0.3, 0.4) is 0 Å². The Balaban J connectivity index is 2.22. The number of hydrogen-bond acceptors (Lipinski definition) is 5. The molecule has 5 heteroatoms. The van der Waals surface area contributed by atoms with E-state index in [2.05, 4.69) is 9.69 Å². The summed E-state index contributed by atoms with van der Waals surface area (Å²) in [6, 6.07) is 3.76. The number of Topliss-reactive ketones (excluding diaryl/α,β-unsaturated/α-hetero) is 1. The summed E-state index contributed by atoms with van der Waals surface area (Å²) in [6.07, 6.45) is 1.64. The first-order chi connectivity index (χ1) is 8.09. The van der Waals surface area contributed by atoms with Crippen LogP contribution in [0.1, 0.15) is 41.7 Å². The monoisotopic (exact) mass is 250 g/mol. The molecule has 2 aromatic heterocycles. The number of anilines is 1. The van der Waals surface area contributed by atoms with Crippen molar-refractivity contribution in [1.82, 2.24) is 4.37 Å². The Morgan fingerprint density at radius 1 is 1.59 bits per heavy atom. The number of hydrogen-bond donors (Lipinski definition) is 1. The van der Waals surface area contributed by atoms with Crippen LogP contribution in [0.2, 0.25) is 0 Å². The van der Waals surface area contributed by atoms with Gasteiger partial charge in [-0.25, -0.2) is 0 Å². The van der Waals surface area contributed by atoms with Gasteiger partial charge in [0.2, 0.25) is 0 Å². The van der Waals surface area contributed by atoms with E-state index in [1.165, 1.54) is 11.5 Å². The van der Waals surface area contributed by atoms with Crippen molar-refractivity contribution in [3.8, 4) is 0 Å². The number of carbonyl (C=O) groups is 1. The lowest BCUT2D eigenvalue weighted by atomic mass is 10.1. The van der Waals surface area contributed by atoms with Crippen molar-refractivity contribution in [1.29, 1.82) is 0 Å². The predicted molar refractivity (Wildman–Crippen MR) is 67.6 cm³/mol. The largest absolute Gasteiger partial charge is 0.467 e. The van der Waals surface area contributed by atoms with Crippen molar-refractivity contribution in [3.05, 3.63) is 35.4 Å². The van der Waals surface area contributed by atoms with Crippen molar-refractivity contribution < 1.29 is 9.21 Å². The molecule has 1 unspecified atom stereocenters. The van der Waals surface area contributed by atoms with Crippen LogP contribution in [0.15, 0.2) is 22.8 Å². The molecule has 2 heterocycles. The third kappa shape index (κ3) is 2.39. The third-order valence-electron chi connectivity index (χ3n) is 2.53. The average molecular weight is 250 g/mol. The van der Waals surface area contributed by atoms with Gasteiger partial charge in [0.1, 0.15) is 10.8 Å². The minimum atomic E-state index is 0.0166. The SMILES string of the molecule is CC(=O)c1c(C)nsc1NC(C)c1ccco1. The van der Waals surface area contributed by atoms with Gasteiger partial charge in [0.05, 0.1) is 23.6 Å². The zero-order valence-corrected chi connectivity index (χ0v) is 10.8. The molecule has 2 rings (SSSR count). The summed E-state index contributed by atoms with van der Waals surface area (Å²) in [4.78, 5) is 11.5. The Labute approximate surface area is 104 Å². The summed E-state index contributed by atoms with van der Waals surface area (Å²) in [6.45, 7) is 5.38. The highest BCUT2D eigenvalue weighted by atomic mass is 32.1. The van der Waals surface area contributed by atoms with Crippen molar-refractivity contribution >= 4 is 22.3 Å². The van der Waals surface area contributed by atoms with Gasteiger partial charge < -0.3 is 9.73 Å². The maximum absolute atomic E-state index is 11.5. The van der Waals surface area contributed by atoms with E-state index >= 15 is 0 Å². The molecular formula is C12H14N2O2S. The molecule has 0 saturated heterocycles. The van der Waals surface area contributed by atoms with Crippen LogP contribution >= 0.6 is 11.5 Å². The van der Waals surface area contributed by atoms with Gasteiger partial charge in [-0.3, -0.25) is 4.79 Å². The number of ketones is 1. The molecule has 1 atom stereocenters. The van der Waals surface area contributed by atoms with Gasteiger partial charge in [-0.05, 0) is 44.4 Å². The van der Waals surface area contributed by atoms with E-state index in [1.807, 2.05) is 26.0 Å². The normalized spacial score (nSPS) is 12.4. The second-order valence-electron chi connectivity index (χ2n) is 3.91. The topological polar surface area (TPSA) is 55.1 Å². The summed E-state index contributed by atoms with van der Waals surface area (Å²) in [5.41, 5.74) is 1.45. The molecule has 1 N–H and O–H groups in total. The molecule has 2 aromatic rings. The first-order valence-corrected chi connectivity index (χ1v) is 6.14. The van der Waals surface area contributed by atoms with Gasteiger partial charge in [0.25, 0.3) is 0 Å². The van der Waals surface area contributed by atoms with E-state index in [4.69, 9.17) is 4.42 Å². The van der Waals surface area contributed by atoms with Crippen molar-refractivity contribution in [2.75, 3.05) is 5.32 Å². The Morgan fingerprint density at radius 3 is 2.94 bits per heavy atom. The van der Waals surface area contributed by atoms with Crippen molar-refractivity contribution in [2.24, 2.45) is 0 Å². The molecular weight excluding hydrogens is 236 g/mol. The van der Waals surface area contributed by atoms with Gasteiger partial charge in [-0.2, -0.15) is 4.37 Å². The molecule has 4 nitrogen and oxygen atoms in total. The van der Waals surface area contributed by atoms with Crippen LogP contribution in [0.25, 0.3) is 0 Å². The highest BCUT2D eigenvalue weighted by Gasteiger charge is 2.17. The first kappa shape index (κ1) is 11.9. The second-order valence-corrected chi connectivity index (χ2v) is 4.68.